The quantitative estimate of drug-likeness (QED) is 0.812. The highest BCUT2D eigenvalue weighted by atomic mass is 35.5. The first kappa shape index (κ1) is 18.0. The van der Waals surface area contributed by atoms with Crippen molar-refractivity contribution in [3.05, 3.63) is 28.2 Å². The summed E-state index contributed by atoms with van der Waals surface area (Å²) in [4.78, 5) is 39.5. The summed E-state index contributed by atoms with van der Waals surface area (Å²) in [5.41, 5.74) is 0.513. The van der Waals surface area contributed by atoms with E-state index in [0.29, 0.717) is 54.6 Å². The highest BCUT2D eigenvalue weighted by Gasteiger charge is 2.41. The van der Waals surface area contributed by atoms with Crippen LogP contribution in [-0.4, -0.2) is 47.4 Å². The minimum Gasteiger partial charge on any atom is -0.481 e. The molecule has 0 bridgehead atoms. The van der Waals surface area contributed by atoms with Crippen LogP contribution in [0.5, 0.6) is 0 Å². The summed E-state index contributed by atoms with van der Waals surface area (Å²) in [7, 11) is 0. The third-order valence-corrected chi connectivity index (χ3v) is 5.41. The molecule has 0 spiro atoms. The average molecular weight is 385 g/mol. The zero-order valence-corrected chi connectivity index (χ0v) is 15.0. The molecular weight excluding hydrogens is 367 g/mol. The normalized spacial score (nSPS) is 21.7. The standard InChI is InChI=1S/C17H18Cl2N2O4/c18-11-1-2-13(19)14(9-11)21-8-5-12(16(21)23)15(22)20-6-3-10(4-7-20)17(24)25/h1-2,9-10,12H,3-8H2,(H,24,25). The number of hydrogen-bond donors (Lipinski definition) is 1. The molecule has 1 aromatic rings. The van der Waals surface area contributed by atoms with Crippen LogP contribution in [0.25, 0.3) is 0 Å². The molecule has 6 nitrogen and oxygen atoms in total. The molecule has 2 aliphatic rings. The van der Waals surface area contributed by atoms with Gasteiger partial charge in [-0.3, -0.25) is 14.4 Å². The predicted molar refractivity (Wildman–Crippen MR) is 93.9 cm³/mol. The molecule has 0 radical (unpaired) electrons. The van der Waals surface area contributed by atoms with E-state index in [-0.39, 0.29) is 11.8 Å². The number of amides is 2. The van der Waals surface area contributed by atoms with Crippen LogP contribution >= 0.6 is 23.2 Å². The first-order chi connectivity index (χ1) is 11.9. The van der Waals surface area contributed by atoms with Gasteiger partial charge in [-0.05, 0) is 37.5 Å². The van der Waals surface area contributed by atoms with Gasteiger partial charge >= 0.3 is 5.97 Å². The van der Waals surface area contributed by atoms with E-state index in [0.717, 1.165) is 0 Å². The summed E-state index contributed by atoms with van der Waals surface area (Å²) in [5.74, 6) is -2.49. The third kappa shape index (κ3) is 3.60. The molecule has 3 rings (SSSR count). The lowest BCUT2D eigenvalue weighted by molar-refractivity contribution is -0.148. The Kier molecular flexibility index (Phi) is 5.20. The van der Waals surface area contributed by atoms with Crippen molar-refractivity contribution in [2.75, 3.05) is 24.5 Å². The topological polar surface area (TPSA) is 77.9 Å². The van der Waals surface area contributed by atoms with Gasteiger partial charge in [-0.25, -0.2) is 0 Å². The van der Waals surface area contributed by atoms with Crippen molar-refractivity contribution < 1.29 is 19.5 Å². The molecule has 0 aliphatic carbocycles. The van der Waals surface area contributed by atoms with Crippen LogP contribution in [-0.2, 0) is 14.4 Å². The Balaban J connectivity index is 1.69. The number of carboxylic acids is 1. The molecule has 2 aliphatic heterocycles. The molecule has 134 valence electrons. The predicted octanol–water partition coefficient (Wildman–Crippen LogP) is 2.67. The van der Waals surface area contributed by atoms with E-state index in [1.165, 1.54) is 4.90 Å². The van der Waals surface area contributed by atoms with Crippen LogP contribution in [0.15, 0.2) is 18.2 Å². The Hall–Kier alpha value is -1.79. The molecule has 1 atom stereocenters. The molecule has 1 aromatic carbocycles. The number of likely N-dealkylation sites (tertiary alicyclic amines) is 1. The summed E-state index contributed by atoms with van der Waals surface area (Å²) in [5, 5.41) is 9.92. The van der Waals surface area contributed by atoms with Crippen molar-refractivity contribution in [3.63, 3.8) is 0 Å². The summed E-state index contributed by atoms with van der Waals surface area (Å²) in [6.45, 7) is 1.15. The van der Waals surface area contributed by atoms with E-state index in [1.807, 2.05) is 0 Å². The number of anilines is 1. The molecule has 25 heavy (non-hydrogen) atoms. The highest BCUT2D eigenvalue weighted by Crippen LogP contribution is 2.34. The molecule has 1 unspecified atom stereocenters. The first-order valence-corrected chi connectivity index (χ1v) is 8.92. The Morgan fingerprint density at radius 2 is 1.76 bits per heavy atom. The van der Waals surface area contributed by atoms with Gasteiger partial charge in [-0.15, -0.1) is 0 Å². The number of rotatable bonds is 3. The van der Waals surface area contributed by atoms with Gasteiger partial charge < -0.3 is 14.9 Å². The Bertz CT molecular complexity index is 717. The van der Waals surface area contributed by atoms with Crippen LogP contribution in [0, 0.1) is 11.8 Å². The number of benzene rings is 1. The molecule has 2 saturated heterocycles. The molecular formula is C17H18Cl2N2O4. The first-order valence-electron chi connectivity index (χ1n) is 8.16. The van der Waals surface area contributed by atoms with E-state index in [9.17, 15) is 14.4 Å². The molecule has 2 amide bonds. The van der Waals surface area contributed by atoms with E-state index >= 15 is 0 Å². The number of hydrogen-bond acceptors (Lipinski definition) is 3. The lowest BCUT2D eigenvalue weighted by Gasteiger charge is -2.31. The summed E-state index contributed by atoms with van der Waals surface area (Å²) < 4.78 is 0. The molecule has 0 aromatic heterocycles. The van der Waals surface area contributed by atoms with Gasteiger partial charge in [-0.2, -0.15) is 0 Å². The summed E-state index contributed by atoms with van der Waals surface area (Å²) in [6, 6.07) is 4.88. The fourth-order valence-electron chi connectivity index (χ4n) is 3.41. The molecule has 0 saturated carbocycles. The van der Waals surface area contributed by atoms with Crippen LogP contribution < -0.4 is 4.90 Å². The maximum atomic E-state index is 12.7. The highest BCUT2D eigenvalue weighted by molar-refractivity contribution is 6.36. The number of carbonyl (C=O) groups is 3. The third-order valence-electron chi connectivity index (χ3n) is 4.86. The fourth-order valence-corrected chi connectivity index (χ4v) is 3.79. The van der Waals surface area contributed by atoms with Crippen molar-refractivity contribution in [3.8, 4) is 0 Å². The summed E-state index contributed by atoms with van der Waals surface area (Å²) in [6.07, 6.45) is 1.26. The van der Waals surface area contributed by atoms with Crippen molar-refractivity contribution in [1.82, 2.24) is 4.90 Å². The largest absolute Gasteiger partial charge is 0.481 e. The number of piperidine rings is 1. The van der Waals surface area contributed by atoms with E-state index in [2.05, 4.69) is 0 Å². The van der Waals surface area contributed by atoms with Crippen molar-refractivity contribution in [2.24, 2.45) is 11.8 Å². The Labute approximate surface area is 155 Å². The Morgan fingerprint density at radius 3 is 2.40 bits per heavy atom. The van der Waals surface area contributed by atoms with Gasteiger partial charge in [-0.1, -0.05) is 23.2 Å². The van der Waals surface area contributed by atoms with Crippen LogP contribution in [0.1, 0.15) is 19.3 Å². The van der Waals surface area contributed by atoms with Crippen molar-refractivity contribution in [1.29, 1.82) is 0 Å². The van der Waals surface area contributed by atoms with E-state index in [4.69, 9.17) is 28.3 Å². The van der Waals surface area contributed by atoms with Crippen molar-refractivity contribution >= 4 is 46.7 Å². The van der Waals surface area contributed by atoms with Crippen LogP contribution in [0.2, 0.25) is 10.0 Å². The molecule has 2 fully saturated rings. The number of carboxylic acid groups (broad SMARTS) is 1. The van der Waals surface area contributed by atoms with Gasteiger partial charge in [0, 0.05) is 24.7 Å². The fraction of sp³-hybridized carbons (Fsp3) is 0.471. The lowest BCUT2D eigenvalue weighted by Crippen LogP contribution is -2.45. The van der Waals surface area contributed by atoms with Crippen molar-refractivity contribution in [2.45, 2.75) is 19.3 Å². The number of halogens is 2. The number of nitrogens with zero attached hydrogens (tertiary/aromatic N) is 2. The zero-order chi connectivity index (χ0) is 18.1. The van der Waals surface area contributed by atoms with Gasteiger partial charge in [0.25, 0.3) is 0 Å². The van der Waals surface area contributed by atoms with E-state index in [1.54, 1.807) is 23.1 Å². The second kappa shape index (κ2) is 7.22. The SMILES string of the molecule is O=C(O)C1CCN(C(=O)C2CCN(c3cc(Cl)ccc3Cl)C2=O)CC1. The monoisotopic (exact) mass is 384 g/mol. The minimum atomic E-state index is -0.828. The van der Waals surface area contributed by atoms with E-state index < -0.39 is 17.8 Å². The van der Waals surface area contributed by atoms with Crippen LogP contribution in [0.3, 0.4) is 0 Å². The Morgan fingerprint density at radius 1 is 1.08 bits per heavy atom. The zero-order valence-electron chi connectivity index (χ0n) is 13.5. The molecule has 2 heterocycles. The maximum Gasteiger partial charge on any atom is 0.306 e. The second-order valence-electron chi connectivity index (χ2n) is 6.36. The van der Waals surface area contributed by atoms with Crippen LogP contribution in [0.4, 0.5) is 5.69 Å². The minimum absolute atomic E-state index is 0.227. The second-order valence-corrected chi connectivity index (χ2v) is 7.21. The molecule has 1 N–H and O–H groups in total. The van der Waals surface area contributed by atoms with Gasteiger partial charge in [0.05, 0.1) is 16.6 Å². The average Bonchev–Trinajstić information content (AvgIpc) is 2.98. The smallest absolute Gasteiger partial charge is 0.306 e. The van der Waals surface area contributed by atoms with Gasteiger partial charge in [0.2, 0.25) is 11.8 Å². The maximum absolute atomic E-state index is 12.7. The number of carbonyl (C=O) groups excluding carboxylic acids is 2. The lowest BCUT2D eigenvalue weighted by atomic mass is 9.95. The summed E-state index contributed by atoms with van der Waals surface area (Å²) >= 11 is 12.1. The van der Waals surface area contributed by atoms with Gasteiger partial charge in [0.15, 0.2) is 0 Å². The molecule has 8 heteroatoms. The van der Waals surface area contributed by atoms with Gasteiger partial charge in [0.1, 0.15) is 5.92 Å². The number of aliphatic carboxylic acids is 1.